The topological polar surface area (TPSA) is 32.3 Å². The van der Waals surface area contributed by atoms with Gasteiger partial charge >= 0.3 is 0 Å². The highest BCUT2D eigenvalue weighted by Crippen LogP contribution is 2.20. The second-order valence-corrected chi connectivity index (χ2v) is 4.79. The van der Waals surface area contributed by atoms with E-state index in [1.54, 1.807) is 12.1 Å². The van der Waals surface area contributed by atoms with Crippen LogP contribution in [0.1, 0.15) is 24.8 Å². The molecule has 0 spiro atoms. The summed E-state index contributed by atoms with van der Waals surface area (Å²) in [5.41, 5.74) is 1.01. The molecule has 2 rings (SSSR count). The lowest BCUT2D eigenvalue weighted by molar-refractivity contribution is -0.132. The molecule has 3 nitrogen and oxygen atoms in total. The van der Waals surface area contributed by atoms with Crippen molar-refractivity contribution in [3.8, 4) is 0 Å². The molecule has 0 saturated carbocycles. The van der Waals surface area contributed by atoms with Crippen LogP contribution in [0, 0.1) is 5.82 Å². The molecule has 1 amide bonds. The summed E-state index contributed by atoms with van der Waals surface area (Å²) in [5.74, 6) is 0.0840. The molecule has 1 heterocycles. The maximum atomic E-state index is 12.8. The van der Waals surface area contributed by atoms with Crippen molar-refractivity contribution in [1.82, 2.24) is 10.2 Å². The van der Waals surface area contributed by atoms with E-state index in [-0.39, 0.29) is 17.6 Å². The van der Waals surface area contributed by atoms with Crippen LogP contribution in [0.25, 0.3) is 0 Å². The van der Waals surface area contributed by atoms with Gasteiger partial charge in [0.25, 0.3) is 0 Å². The first-order valence-electron chi connectivity index (χ1n) is 6.41. The molecular weight excluding hydrogens is 231 g/mol. The van der Waals surface area contributed by atoms with Crippen LogP contribution in [0.2, 0.25) is 0 Å². The van der Waals surface area contributed by atoms with E-state index < -0.39 is 0 Å². The largest absolute Gasteiger partial charge is 0.340 e. The molecule has 1 saturated heterocycles. The van der Waals surface area contributed by atoms with Crippen LogP contribution in [0.15, 0.2) is 24.3 Å². The summed E-state index contributed by atoms with van der Waals surface area (Å²) in [7, 11) is 0. The quantitative estimate of drug-likeness (QED) is 0.886. The fourth-order valence-electron chi connectivity index (χ4n) is 2.21. The van der Waals surface area contributed by atoms with E-state index in [9.17, 15) is 9.18 Å². The van der Waals surface area contributed by atoms with Crippen LogP contribution in [-0.4, -0.2) is 37.0 Å². The molecule has 98 valence electrons. The van der Waals surface area contributed by atoms with Crippen LogP contribution < -0.4 is 5.32 Å². The summed E-state index contributed by atoms with van der Waals surface area (Å²) in [6.45, 7) is 5.32. The molecule has 0 aromatic heterocycles. The van der Waals surface area contributed by atoms with Crippen molar-refractivity contribution >= 4 is 5.91 Å². The highest BCUT2D eigenvalue weighted by molar-refractivity contribution is 5.77. The third kappa shape index (κ3) is 3.29. The third-order valence-corrected chi connectivity index (χ3v) is 3.39. The van der Waals surface area contributed by atoms with Crippen LogP contribution in [0.3, 0.4) is 0 Å². The number of nitrogens with one attached hydrogen (secondary N) is 1. The highest BCUT2D eigenvalue weighted by atomic mass is 19.1. The summed E-state index contributed by atoms with van der Waals surface area (Å²) in [6, 6.07) is 6.40. The SMILES string of the molecule is CC(CC(=O)N1CCNCC1)c1ccc(F)cc1. The van der Waals surface area contributed by atoms with Gasteiger partial charge in [-0.05, 0) is 23.6 Å². The van der Waals surface area contributed by atoms with E-state index in [1.165, 1.54) is 12.1 Å². The highest BCUT2D eigenvalue weighted by Gasteiger charge is 2.19. The zero-order valence-electron chi connectivity index (χ0n) is 10.7. The number of carbonyl (C=O) groups excluding carboxylic acids is 1. The van der Waals surface area contributed by atoms with Gasteiger partial charge in [0.15, 0.2) is 0 Å². The van der Waals surface area contributed by atoms with E-state index in [0.29, 0.717) is 6.42 Å². The number of halogens is 1. The molecule has 0 radical (unpaired) electrons. The number of piperazine rings is 1. The zero-order valence-corrected chi connectivity index (χ0v) is 10.7. The molecule has 4 heteroatoms. The number of carbonyl (C=O) groups is 1. The van der Waals surface area contributed by atoms with Crippen molar-refractivity contribution in [3.05, 3.63) is 35.6 Å². The Hall–Kier alpha value is -1.42. The summed E-state index contributed by atoms with van der Waals surface area (Å²) in [4.78, 5) is 14.0. The molecule has 1 fully saturated rings. The summed E-state index contributed by atoms with van der Waals surface area (Å²) in [6.07, 6.45) is 0.492. The van der Waals surface area contributed by atoms with Gasteiger partial charge in [0.1, 0.15) is 5.82 Å². The molecule has 1 unspecified atom stereocenters. The second-order valence-electron chi connectivity index (χ2n) is 4.79. The fraction of sp³-hybridized carbons (Fsp3) is 0.500. The Labute approximate surface area is 107 Å². The Morgan fingerprint density at radius 3 is 2.56 bits per heavy atom. The Morgan fingerprint density at radius 2 is 1.94 bits per heavy atom. The minimum atomic E-state index is -0.237. The van der Waals surface area contributed by atoms with Crippen molar-refractivity contribution in [2.75, 3.05) is 26.2 Å². The number of rotatable bonds is 3. The first-order valence-corrected chi connectivity index (χ1v) is 6.41. The van der Waals surface area contributed by atoms with Crippen LogP contribution in [-0.2, 0) is 4.79 Å². The average molecular weight is 250 g/mol. The predicted molar refractivity (Wildman–Crippen MR) is 68.9 cm³/mol. The standard InChI is InChI=1S/C14H19FN2O/c1-11(12-2-4-13(15)5-3-12)10-14(18)17-8-6-16-7-9-17/h2-5,11,16H,6-10H2,1H3. The van der Waals surface area contributed by atoms with E-state index in [1.807, 2.05) is 11.8 Å². The molecule has 1 aromatic rings. The van der Waals surface area contributed by atoms with E-state index in [2.05, 4.69) is 5.32 Å². The molecule has 1 aromatic carbocycles. The van der Waals surface area contributed by atoms with E-state index >= 15 is 0 Å². The van der Waals surface area contributed by atoms with Crippen molar-refractivity contribution in [2.24, 2.45) is 0 Å². The molecular formula is C14H19FN2O. The second kappa shape index (κ2) is 5.96. The minimum Gasteiger partial charge on any atom is -0.340 e. The molecule has 1 aliphatic heterocycles. The van der Waals surface area contributed by atoms with E-state index in [4.69, 9.17) is 0 Å². The molecule has 18 heavy (non-hydrogen) atoms. The fourth-order valence-corrected chi connectivity index (χ4v) is 2.21. The predicted octanol–water partition coefficient (Wildman–Crippen LogP) is 1.75. The molecule has 0 aliphatic carbocycles. The monoisotopic (exact) mass is 250 g/mol. The maximum absolute atomic E-state index is 12.8. The Balaban J connectivity index is 1.91. The van der Waals surface area contributed by atoms with Crippen molar-refractivity contribution < 1.29 is 9.18 Å². The lowest BCUT2D eigenvalue weighted by Crippen LogP contribution is -2.46. The Morgan fingerprint density at radius 1 is 1.33 bits per heavy atom. The van der Waals surface area contributed by atoms with Gasteiger partial charge in [0, 0.05) is 32.6 Å². The van der Waals surface area contributed by atoms with Gasteiger partial charge in [-0.2, -0.15) is 0 Å². The van der Waals surface area contributed by atoms with Gasteiger partial charge in [0.2, 0.25) is 5.91 Å². The lowest BCUT2D eigenvalue weighted by atomic mass is 9.97. The van der Waals surface area contributed by atoms with Crippen LogP contribution in [0.5, 0.6) is 0 Å². The average Bonchev–Trinajstić information content (AvgIpc) is 2.40. The zero-order chi connectivity index (χ0) is 13.0. The molecule has 1 aliphatic rings. The normalized spacial score (nSPS) is 17.6. The van der Waals surface area contributed by atoms with Crippen LogP contribution >= 0.6 is 0 Å². The number of amides is 1. The van der Waals surface area contributed by atoms with Gasteiger partial charge in [-0.15, -0.1) is 0 Å². The van der Waals surface area contributed by atoms with Crippen molar-refractivity contribution in [1.29, 1.82) is 0 Å². The van der Waals surface area contributed by atoms with Crippen molar-refractivity contribution in [2.45, 2.75) is 19.3 Å². The molecule has 0 bridgehead atoms. The number of nitrogens with zero attached hydrogens (tertiary/aromatic N) is 1. The number of benzene rings is 1. The molecule has 1 N–H and O–H groups in total. The summed E-state index contributed by atoms with van der Waals surface area (Å²) in [5, 5.41) is 3.23. The number of hydrogen-bond donors (Lipinski definition) is 1. The third-order valence-electron chi connectivity index (χ3n) is 3.39. The maximum Gasteiger partial charge on any atom is 0.223 e. The number of hydrogen-bond acceptors (Lipinski definition) is 2. The first-order chi connectivity index (χ1) is 8.66. The van der Waals surface area contributed by atoms with E-state index in [0.717, 1.165) is 31.7 Å². The Bertz CT molecular complexity index is 399. The minimum absolute atomic E-state index is 0.132. The smallest absolute Gasteiger partial charge is 0.223 e. The first kappa shape index (κ1) is 13.0. The summed E-state index contributed by atoms with van der Waals surface area (Å²) < 4.78 is 12.8. The van der Waals surface area contributed by atoms with Gasteiger partial charge in [-0.25, -0.2) is 4.39 Å². The Kier molecular flexibility index (Phi) is 4.31. The van der Waals surface area contributed by atoms with Gasteiger partial charge in [0.05, 0.1) is 0 Å². The van der Waals surface area contributed by atoms with Crippen LogP contribution in [0.4, 0.5) is 4.39 Å². The van der Waals surface area contributed by atoms with Gasteiger partial charge < -0.3 is 10.2 Å². The van der Waals surface area contributed by atoms with Gasteiger partial charge in [-0.3, -0.25) is 4.79 Å². The van der Waals surface area contributed by atoms with Crippen molar-refractivity contribution in [3.63, 3.8) is 0 Å². The molecule has 1 atom stereocenters. The lowest BCUT2D eigenvalue weighted by Gasteiger charge is -2.28. The van der Waals surface area contributed by atoms with Gasteiger partial charge in [-0.1, -0.05) is 19.1 Å². The summed E-state index contributed by atoms with van der Waals surface area (Å²) >= 11 is 0.